The largest absolute Gasteiger partial charge is 0.508 e. The molecule has 2 rings (SSSR count). The van der Waals surface area contributed by atoms with E-state index in [1.54, 1.807) is 6.08 Å². The molecule has 1 N–H and O–H groups in total. The Labute approximate surface area is 61.1 Å². The van der Waals surface area contributed by atoms with Gasteiger partial charge in [-0.3, -0.25) is 0 Å². The first-order chi connectivity index (χ1) is 4.86. The van der Waals surface area contributed by atoms with Crippen molar-refractivity contribution in [2.75, 3.05) is 0 Å². The van der Waals surface area contributed by atoms with E-state index in [1.165, 1.54) is 12.8 Å². The molecule has 1 nitrogen and oxygen atoms in total. The van der Waals surface area contributed by atoms with Crippen molar-refractivity contribution in [3.63, 3.8) is 0 Å². The standard InChI is InChI=1S/C9H12O/c10-9-3-1-2-8(6-9)7-4-5-7/h1,3,6-8,10H,2,4-5H2. The van der Waals surface area contributed by atoms with Crippen LogP contribution in [0, 0.1) is 11.8 Å². The molecule has 10 heavy (non-hydrogen) atoms. The maximum atomic E-state index is 9.13. The molecule has 1 saturated carbocycles. The van der Waals surface area contributed by atoms with Crippen LogP contribution in [0.4, 0.5) is 0 Å². The second-order valence-corrected chi connectivity index (χ2v) is 3.23. The van der Waals surface area contributed by atoms with Gasteiger partial charge in [0.2, 0.25) is 0 Å². The number of hydrogen-bond acceptors (Lipinski definition) is 1. The fourth-order valence-corrected chi connectivity index (χ4v) is 1.54. The molecule has 54 valence electrons. The van der Waals surface area contributed by atoms with Crippen molar-refractivity contribution < 1.29 is 5.11 Å². The van der Waals surface area contributed by atoms with Crippen LogP contribution in [0.3, 0.4) is 0 Å². The molecule has 1 atom stereocenters. The lowest BCUT2D eigenvalue weighted by molar-refractivity contribution is 0.410. The summed E-state index contributed by atoms with van der Waals surface area (Å²) in [5.41, 5.74) is 0. The average Bonchev–Trinajstić information content (AvgIpc) is 2.68. The zero-order valence-electron chi connectivity index (χ0n) is 5.96. The first-order valence-electron chi connectivity index (χ1n) is 3.93. The Morgan fingerprint density at radius 2 is 2.20 bits per heavy atom. The van der Waals surface area contributed by atoms with Crippen molar-refractivity contribution in [1.82, 2.24) is 0 Å². The summed E-state index contributed by atoms with van der Waals surface area (Å²) < 4.78 is 0. The van der Waals surface area contributed by atoms with Crippen LogP contribution in [0.1, 0.15) is 19.3 Å². The molecule has 2 aliphatic carbocycles. The first kappa shape index (κ1) is 6.02. The lowest BCUT2D eigenvalue weighted by Crippen LogP contribution is -2.01. The molecule has 0 bridgehead atoms. The lowest BCUT2D eigenvalue weighted by Gasteiger charge is -2.11. The monoisotopic (exact) mass is 136 g/mol. The zero-order valence-corrected chi connectivity index (χ0v) is 5.96. The summed E-state index contributed by atoms with van der Waals surface area (Å²) in [5, 5.41) is 9.13. The average molecular weight is 136 g/mol. The second-order valence-electron chi connectivity index (χ2n) is 3.23. The summed E-state index contributed by atoms with van der Waals surface area (Å²) in [6.07, 6.45) is 9.72. The van der Waals surface area contributed by atoms with Gasteiger partial charge in [0.1, 0.15) is 5.76 Å². The van der Waals surface area contributed by atoms with Crippen molar-refractivity contribution in [3.8, 4) is 0 Å². The maximum Gasteiger partial charge on any atom is 0.111 e. The molecule has 1 heteroatoms. The third-order valence-electron chi connectivity index (χ3n) is 2.31. The minimum Gasteiger partial charge on any atom is -0.508 e. The van der Waals surface area contributed by atoms with Crippen LogP contribution in [-0.2, 0) is 0 Å². The number of rotatable bonds is 1. The Kier molecular flexibility index (Phi) is 1.30. The summed E-state index contributed by atoms with van der Waals surface area (Å²) in [4.78, 5) is 0. The van der Waals surface area contributed by atoms with Gasteiger partial charge in [-0.1, -0.05) is 6.08 Å². The summed E-state index contributed by atoms with van der Waals surface area (Å²) in [6, 6.07) is 0. The normalized spacial score (nSPS) is 32.0. The summed E-state index contributed by atoms with van der Waals surface area (Å²) in [5.74, 6) is 1.99. The van der Waals surface area contributed by atoms with E-state index in [-0.39, 0.29) is 0 Å². The molecule has 0 radical (unpaired) electrons. The highest BCUT2D eigenvalue weighted by molar-refractivity contribution is 5.18. The number of aliphatic hydroxyl groups is 1. The van der Waals surface area contributed by atoms with E-state index >= 15 is 0 Å². The van der Waals surface area contributed by atoms with Crippen LogP contribution in [0.2, 0.25) is 0 Å². The smallest absolute Gasteiger partial charge is 0.111 e. The number of hydrogen-bond donors (Lipinski definition) is 1. The fourth-order valence-electron chi connectivity index (χ4n) is 1.54. The van der Waals surface area contributed by atoms with Crippen molar-refractivity contribution in [2.24, 2.45) is 11.8 Å². The quantitative estimate of drug-likeness (QED) is 0.587. The number of aliphatic hydroxyl groups excluding tert-OH is 1. The molecular weight excluding hydrogens is 124 g/mol. The van der Waals surface area contributed by atoms with Gasteiger partial charge in [0.25, 0.3) is 0 Å². The van der Waals surface area contributed by atoms with Gasteiger partial charge in [-0.05, 0) is 43.3 Å². The van der Waals surface area contributed by atoms with Crippen molar-refractivity contribution >= 4 is 0 Å². The lowest BCUT2D eigenvalue weighted by atomic mass is 9.95. The van der Waals surface area contributed by atoms with E-state index in [1.807, 2.05) is 6.08 Å². The predicted molar refractivity (Wildman–Crippen MR) is 40.7 cm³/mol. The Morgan fingerprint density at radius 1 is 1.40 bits per heavy atom. The Bertz CT molecular complexity index is 187. The van der Waals surface area contributed by atoms with E-state index in [2.05, 4.69) is 6.08 Å². The Balaban J connectivity index is 2.05. The van der Waals surface area contributed by atoms with Gasteiger partial charge < -0.3 is 5.11 Å². The zero-order chi connectivity index (χ0) is 6.97. The highest BCUT2D eigenvalue weighted by Crippen LogP contribution is 2.40. The molecule has 0 aromatic heterocycles. The third kappa shape index (κ3) is 1.08. The van der Waals surface area contributed by atoms with Crippen LogP contribution >= 0.6 is 0 Å². The van der Waals surface area contributed by atoms with Gasteiger partial charge in [-0.25, -0.2) is 0 Å². The molecule has 0 heterocycles. The van der Waals surface area contributed by atoms with Gasteiger partial charge >= 0.3 is 0 Å². The molecule has 2 aliphatic rings. The molecule has 1 fully saturated rings. The Hall–Kier alpha value is -0.720. The van der Waals surface area contributed by atoms with E-state index in [0.29, 0.717) is 11.7 Å². The maximum absolute atomic E-state index is 9.13. The summed E-state index contributed by atoms with van der Waals surface area (Å²) in [6.45, 7) is 0. The van der Waals surface area contributed by atoms with Gasteiger partial charge in [-0.15, -0.1) is 0 Å². The van der Waals surface area contributed by atoms with Crippen molar-refractivity contribution in [2.45, 2.75) is 19.3 Å². The molecule has 0 spiro atoms. The minimum atomic E-state index is 0.461. The topological polar surface area (TPSA) is 20.2 Å². The molecule has 0 aromatic rings. The molecule has 0 amide bonds. The van der Waals surface area contributed by atoms with Crippen LogP contribution in [0.25, 0.3) is 0 Å². The van der Waals surface area contributed by atoms with Gasteiger partial charge in [-0.2, -0.15) is 0 Å². The van der Waals surface area contributed by atoms with Crippen LogP contribution in [0.15, 0.2) is 24.0 Å². The SMILES string of the molecule is OC1=CC(C2CC2)CC=C1. The van der Waals surface area contributed by atoms with Crippen LogP contribution < -0.4 is 0 Å². The molecule has 0 aliphatic heterocycles. The van der Waals surface area contributed by atoms with Crippen molar-refractivity contribution in [3.05, 3.63) is 24.0 Å². The van der Waals surface area contributed by atoms with Gasteiger partial charge in [0.05, 0.1) is 0 Å². The third-order valence-corrected chi connectivity index (χ3v) is 2.31. The highest BCUT2D eigenvalue weighted by atomic mass is 16.3. The Morgan fingerprint density at radius 3 is 2.80 bits per heavy atom. The molecular formula is C9H12O. The van der Waals surface area contributed by atoms with Crippen LogP contribution in [-0.4, -0.2) is 5.11 Å². The summed E-state index contributed by atoms with van der Waals surface area (Å²) in [7, 11) is 0. The molecule has 0 saturated heterocycles. The predicted octanol–water partition coefficient (Wildman–Crippen LogP) is 2.41. The second kappa shape index (κ2) is 2.15. The van der Waals surface area contributed by atoms with E-state index < -0.39 is 0 Å². The van der Waals surface area contributed by atoms with E-state index in [4.69, 9.17) is 5.11 Å². The fraction of sp³-hybridized carbons (Fsp3) is 0.556. The first-order valence-corrected chi connectivity index (χ1v) is 3.93. The van der Waals surface area contributed by atoms with Crippen molar-refractivity contribution in [1.29, 1.82) is 0 Å². The van der Waals surface area contributed by atoms with Crippen LogP contribution in [0.5, 0.6) is 0 Å². The highest BCUT2D eigenvalue weighted by Gasteiger charge is 2.29. The summed E-state index contributed by atoms with van der Waals surface area (Å²) >= 11 is 0. The van der Waals surface area contributed by atoms with Gasteiger partial charge in [0.15, 0.2) is 0 Å². The molecule has 0 aromatic carbocycles. The number of allylic oxidation sites excluding steroid dienone is 3. The minimum absolute atomic E-state index is 0.461. The van der Waals surface area contributed by atoms with E-state index in [0.717, 1.165) is 12.3 Å². The van der Waals surface area contributed by atoms with E-state index in [9.17, 15) is 0 Å². The van der Waals surface area contributed by atoms with Gasteiger partial charge in [0, 0.05) is 0 Å². The molecule has 1 unspecified atom stereocenters.